The van der Waals surface area contributed by atoms with Gasteiger partial charge in [-0.1, -0.05) is 25.1 Å². The molecule has 7 nitrogen and oxygen atoms in total. The zero-order chi connectivity index (χ0) is 21.3. The fourth-order valence-electron chi connectivity index (χ4n) is 4.18. The van der Waals surface area contributed by atoms with Gasteiger partial charge >= 0.3 is 0 Å². The lowest BCUT2D eigenvalue weighted by Crippen LogP contribution is -2.50. The second-order valence-electron chi connectivity index (χ2n) is 8.35. The van der Waals surface area contributed by atoms with Gasteiger partial charge in [-0.05, 0) is 38.1 Å². The monoisotopic (exact) mass is 543 g/mol. The number of carbonyl (C=O) groups excluding carboxylic acids is 1. The van der Waals surface area contributed by atoms with Crippen LogP contribution in [0.25, 0.3) is 0 Å². The van der Waals surface area contributed by atoms with Crippen molar-refractivity contribution in [1.82, 2.24) is 20.0 Å². The predicted octanol–water partition coefficient (Wildman–Crippen LogP) is 2.67. The van der Waals surface area contributed by atoms with Crippen molar-refractivity contribution in [3.8, 4) is 5.75 Å². The van der Waals surface area contributed by atoms with Gasteiger partial charge in [0.1, 0.15) is 18.4 Å². The quantitative estimate of drug-likeness (QED) is 0.326. The lowest BCUT2D eigenvalue weighted by atomic mass is 10.1. The summed E-state index contributed by atoms with van der Waals surface area (Å²) in [5.41, 5.74) is 0. The van der Waals surface area contributed by atoms with E-state index >= 15 is 0 Å². The zero-order valence-electron chi connectivity index (χ0n) is 19.1. The Morgan fingerprint density at radius 3 is 2.52 bits per heavy atom. The minimum atomic E-state index is 0. The van der Waals surface area contributed by atoms with Crippen molar-refractivity contribution >= 4 is 35.8 Å². The molecule has 0 spiro atoms. The van der Waals surface area contributed by atoms with Crippen molar-refractivity contribution in [3.63, 3.8) is 0 Å². The number of halogens is 1. The molecule has 1 unspecified atom stereocenters. The molecule has 31 heavy (non-hydrogen) atoms. The summed E-state index contributed by atoms with van der Waals surface area (Å²) in [6.07, 6.45) is 4.59. The Labute approximate surface area is 204 Å². The average molecular weight is 543 g/mol. The van der Waals surface area contributed by atoms with Crippen LogP contribution in [0.3, 0.4) is 0 Å². The standard InChI is InChI=1S/C23H37N5O2.HI/c1-4-27-14-8-9-19(27)17-24-23(25-18-22(29)26(2)3)28-15-12-21(13-16-28)30-20-10-6-5-7-11-20;/h5-7,10-11,19,21H,4,8-9,12-18H2,1-3H3,(H,24,25);1H. The number of nitrogens with one attached hydrogen (secondary N) is 1. The van der Waals surface area contributed by atoms with Crippen molar-refractivity contribution < 1.29 is 9.53 Å². The number of amides is 1. The highest BCUT2D eigenvalue weighted by Gasteiger charge is 2.26. The number of hydrogen-bond acceptors (Lipinski definition) is 4. The molecule has 2 aliphatic rings. The molecule has 0 saturated carbocycles. The van der Waals surface area contributed by atoms with Crippen LogP contribution in [0.2, 0.25) is 0 Å². The number of aliphatic imine (C=N–C) groups is 1. The topological polar surface area (TPSA) is 60.4 Å². The number of rotatable bonds is 7. The summed E-state index contributed by atoms with van der Waals surface area (Å²) in [5, 5.41) is 3.58. The molecule has 3 rings (SSSR count). The van der Waals surface area contributed by atoms with Crippen LogP contribution in [0.1, 0.15) is 32.6 Å². The van der Waals surface area contributed by atoms with Crippen LogP contribution in [-0.2, 0) is 4.79 Å². The Kier molecular flexibility index (Phi) is 10.9. The highest BCUT2D eigenvalue weighted by molar-refractivity contribution is 14.0. The van der Waals surface area contributed by atoms with E-state index in [-0.39, 0.29) is 42.5 Å². The lowest BCUT2D eigenvalue weighted by molar-refractivity contribution is -0.127. The molecular weight excluding hydrogens is 505 g/mol. The first kappa shape index (κ1) is 25.7. The van der Waals surface area contributed by atoms with Crippen LogP contribution in [0.5, 0.6) is 5.75 Å². The highest BCUT2D eigenvalue weighted by atomic mass is 127. The third kappa shape index (κ3) is 7.82. The number of carbonyl (C=O) groups is 1. The van der Waals surface area contributed by atoms with E-state index in [1.165, 1.54) is 19.4 Å². The summed E-state index contributed by atoms with van der Waals surface area (Å²) in [5.74, 6) is 1.80. The van der Waals surface area contributed by atoms with E-state index in [1.807, 2.05) is 30.3 Å². The van der Waals surface area contributed by atoms with Crippen LogP contribution in [0.15, 0.2) is 35.3 Å². The summed E-state index contributed by atoms with van der Waals surface area (Å²) < 4.78 is 6.13. The van der Waals surface area contributed by atoms with Crippen molar-refractivity contribution in [2.75, 3.05) is 53.4 Å². The molecule has 8 heteroatoms. The molecule has 0 bridgehead atoms. The molecule has 2 fully saturated rings. The van der Waals surface area contributed by atoms with E-state index < -0.39 is 0 Å². The van der Waals surface area contributed by atoms with Crippen LogP contribution < -0.4 is 10.1 Å². The largest absolute Gasteiger partial charge is 0.490 e. The summed E-state index contributed by atoms with van der Waals surface area (Å²) in [6, 6.07) is 10.6. The van der Waals surface area contributed by atoms with E-state index in [1.54, 1.807) is 19.0 Å². The van der Waals surface area contributed by atoms with Crippen LogP contribution >= 0.6 is 24.0 Å². The Hall–Kier alpha value is -1.55. The van der Waals surface area contributed by atoms with Crippen molar-refractivity contribution in [3.05, 3.63) is 30.3 Å². The van der Waals surface area contributed by atoms with Gasteiger partial charge in [0.05, 0.1) is 0 Å². The van der Waals surface area contributed by atoms with Gasteiger partial charge in [0.25, 0.3) is 0 Å². The molecule has 0 aromatic heterocycles. The summed E-state index contributed by atoms with van der Waals surface area (Å²) >= 11 is 0. The minimum absolute atomic E-state index is 0. The van der Waals surface area contributed by atoms with Gasteiger partial charge < -0.3 is 19.9 Å². The second-order valence-corrected chi connectivity index (χ2v) is 8.35. The number of hydrogen-bond donors (Lipinski definition) is 1. The predicted molar refractivity (Wildman–Crippen MR) is 136 cm³/mol. The first-order valence-electron chi connectivity index (χ1n) is 11.3. The summed E-state index contributed by atoms with van der Waals surface area (Å²) in [6.45, 7) is 7.29. The second kappa shape index (κ2) is 13.1. The Balaban J connectivity index is 0.00000341. The van der Waals surface area contributed by atoms with Gasteiger partial charge in [-0.15, -0.1) is 24.0 Å². The third-order valence-electron chi connectivity index (χ3n) is 6.05. The fraction of sp³-hybridized carbons (Fsp3) is 0.652. The Bertz CT molecular complexity index is 692. The zero-order valence-corrected chi connectivity index (χ0v) is 21.5. The third-order valence-corrected chi connectivity index (χ3v) is 6.05. The molecule has 1 N–H and O–H groups in total. The van der Waals surface area contributed by atoms with Crippen molar-refractivity contribution in [2.24, 2.45) is 4.99 Å². The van der Waals surface area contributed by atoms with Crippen LogP contribution in [0, 0.1) is 0 Å². The van der Waals surface area contributed by atoms with Gasteiger partial charge in [0.15, 0.2) is 5.96 Å². The van der Waals surface area contributed by atoms with Crippen LogP contribution in [0.4, 0.5) is 0 Å². The van der Waals surface area contributed by atoms with Gasteiger partial charge in [-0.3, -0.25) is 9.69 Å². The van der Waals surface area contributed by atoms with E-state index in [4.69, 9.17) is 4.74 Å². The molecule has 1 atom stereocenters. The molecule has 1 amide bonds. The maximum Gasteiger partial charge on any atom is 0.243 e. The Morgan fingerprint density at radius 1 is 1.16 bits per heavy atom. The van der Waals surface area contributed by atoms with E-state index in [0.717, 1.165) is 50.7 Å². The molecule has 2 aliphatic heterocycles. The number of piperidine rings is 1. The fourth-order valence-corrected chi connectivity index (χ4v) is 4.18. The van der Waals surface area contributed by atoms with E-state index in [2.05, 4.69) is 27.0 Å². The number of nitrogens with zero attached hydrogens (tertiary/aromatic N) is 4. The van der Waals surface area contributed by atoms with E-state index in [0.29, 0.717) is 6.04 Å². The number of guanidine groups is 1. The van der Waals surface area contributed by atoms with E-state index in [9.17, 15) is 4.79 Å². The molecule has 174 valence electrons. The number of likely N-dealkylation sites (N-methyl/N-ethyl adjacent to an activating group) is 2. The van der Waals surface area contributed by atoms with Gasteiger partial charge in [0, 0.05) is 52.6 Å². The number of likely N-dealkylation sites (tertiary alicyclic amines) is 2. The number of para-hydroxylation sites is 1. The molecule has 1 aromatic rings. The van der Waals surface area contributed by atoms with Crippen molar-refractivity contribution in [1.29, 1.82) is 0 Å². The first-order valence-corrected chi connectivity index (χ1v) is 11.3. The maximum absolute atomic E-state index is 12.1. The normalized spacial score (nSPS) is 20.3. The van der Waals surface area contributed by atoms with Crippen LogP contribution in [-0.4, -0.2) is 92.1 Å². The molecule has 2 heterocycles. The smallest absolute Gasteiger partial charge is 0.243 e. The van der Waals surface area contributed by atoms with Gasteiger partial charge in [-0.2, -0.15) is 0 Å². The minimum Gasteiger partial charge on any atom is -0.490 e. The highest BCUT2D eigenvalue weighted by Crippen LogP contribution is 2.19. The lowest BCUT2D eigenvalue weighted by Gasteiger charge is -2.35. The molecule has 0 radical (unpaired) electrons. The number of benzene rings is 1. The van der Waals surface area contributed by atoms with Gasteiger partial charge in [0.2, 0.25) is 5.91 Å². The Morgan fingerprint density at radius 2 is 1.87 bits per heavy atom. The summed E-state index contributed by atoms with van der Waals surface area (Å²) in [4.78, 5) is 23.2. The molecule has 2 saturated heterocycles. The molecule has 1 aromatic carbocycles. The molecule has 0 aliphatic carbocycles. The maximum atomic E-state index is 12.1. The first-order chi connectivity index (χ1) is 14.6. The SMILES string of the molecule is CCN1CCCC1CNC(=NCC(=O)N(C)C)N1CCC(Oc2ccccc2)CC1.I. The van der Waals surface area contributed by atoms with Crippen molar-refractivity contribution in [2.45, 2.75) is 44.8 Å². The summed E-state index contributed by atoms with van der Waals surface area (Å²) in [7, 11) is 3.55. The number of ether oxygens (including phenoxy) is 1. The average Bonchev–Trinajstić information content (AvgIpc) is 3.22. The van der Waals surface area contributed by atoms with Gasteiger partial charge in [-0.25, -0.2) is 4.99 Å². The molecular formula is C23H38IN5O2.